The highest BCUT2D eigenvalue weighted by Gasteiger charge is 2.12. The van der Waals surface area contributed by atoms with Crippen molar-refractivity contribution in [1.82, 2.24) is 0 Å². The molecule has 0 bridgehead atoms. The van der Waals surface area contributed by atoms with Crippen LogP contribution < -0.4 is 5.32 Å². The molecule has 0 atom stereocenters. The van der Waals surface area contributed by atoms with E-state index in [0.717, 1.165) is 11.1 Å². The minimum absolute atomic E-state index is 0.104. The smallest absolute Gasteiger partial charge is 0.292 e. The number of nitrogens with one attached hydrogen (secondary N) is 1. The minimum atomic E-state index is -0.381. The SMILES string of the molecule is CC(C)=CNc1ccc(C)cc1[N+](=O)[O-]. The molecule has 1 rings (SSSR count). The summed E-state index contributed by atoms with van der Waals surface area (Å²) in [6.45, 7) is 5.68. The van der Waals surface area contributed by atoms with Gasteiger partial charge >= 0.3 is 0 Å². The third-order valence-electron chi connectivity index (χ3n) is 1.87. The Morgan fingerprint density at radius 3 is 2.67 bits per heavy atom. The summed E-state index contributed by atoms with van der Waals surface area (Å²) >= 11 is 0. The molecule has 0 aliphatic carbocycles. The first kappa shape index (κ1) is 11.2. The first-order valence-corrected chi connectivity index (χ1v) is 4.65. The van der Waals surface area contributed by atoms with Crippen LogP contribution in [0.5, 0.6) is 0 Å². The molecule has 0 unspecified atom stereocenters. The fourth-order valence-corrected chi connectivity index (χ4v) is 1.14. The van der Waals surface area contributed by atoms with Crippen LogP contribution in [0.25, 0.3) is 0 Å². The highest BCUT2D eigenvalue weighted by atomic mass is 16.6. The lowest BCUT2D eigenvalue weighted by Crippen LogP contribution is -1.96. The summed E-state index contributed by atoms with van der Waals surface area (Å²) in [7, 11) is 0. The number of nitro groups is 1. The van der Waals surface area contributed by atoms with E-state index < -0.39 is 0 Å². The molecule has 0 fully saturated rings. The summed E-state index contributed by atoms with van der Waals surface area (Å²) in [5.74, 6) is 0. The van der Waals surface area contributed by atoms with Gasteiger partial charge in [0.05, 0.1) is 4.92 Å². The molecule has 0 amide bonds. The van der Waals surface area contributed by atoms with Gasteiger partial charge in [-0.2, -0.15) is 0 Å². The molecule has 4 heteroatoms. The van der Waals surface area contributed by atoms with Gasteiger partial charge in [-0.05, 0) is 38.6 Å². The summed E-state index contributed by atoms with van der Waals surface area (Å²) in [6, 6.07) is 5.11. The zero-order valence-corrected chi connectivity index (χ0v) is 9.07. The molecule has 15 heavy (non-hydrogen) atoms. The van der Waals surface area contributed by atoms with Crippen molar-refractivity contribution < 1.29 is 4.92 Å². The van der Waals surface area contributed by atoms with Crippen LogP contribution >= 0.6 is 0 Å². The van der Waals surface area contributed by atoms with Gasteiger partial charge in [0.25, 0.3) is 5.69 Å². The van der Waals surface area contributed by atoms with E-state index in [0.29, 0.717) is 5.69 Å². The maximum atomic E-state index is 10.8. The predicted molar refractivity (Wildman–Crippen MR) is 60.9 cm³/mol. The van der Waals surface area contributed by atoms with Crippen LogP contribution in [0.4, 0.5) is 11.4 Å². The molecule has 0 spiro atoms. The van der Waals surface area contributed by atoms with E-state index >= 15 is 0 Å². The molecule has 1 aromatic rings. The standard InChI is InChI=1S/C11H14N2O2/c1-8(2)7-12-10-5-4-9(3)6-11(10)13(14)15/h4-7,12H,1-3H3. The molecule has 0 aliphatic rings. The first-order chi connectivity index (χ1) is 7.00. The van der Waals surface area contributed by atoms with Gasteiger partial charge in [-0.15, -0.1) is 0 Å². The summed E-state index contributed by atoms with van der Waals surface area (Å²) < 4.78 is 0. The number of benzene rings is 1. The quantitative estimate of drug-likeness (QED) is 0.610. The van der Waals surface area contributed by atoms with Gasteiger partial charge in [-0.1, -0.05) is 11.6 Å². The van der Waals surface area contributed by atoms with E-state index in [1.807, 2.05) is 26.8 Å². The molecule has 0 aliphatic heterocycles. The van der Waals surface area contributed by atoms with Gasteiger partial charge in [0.1, 0.15) is 5.69 Å². The molecular formula is C11H14N2O2. The predicted octanol–water partition coefficient (Wildman–Crippen LogP) is 3.24. The largest absolute Gasteiger partial charge is 0.356 e. The van der Waals surface area contributed by atoms with E-state index in [1.165, 1.54) is 0 Å². The van der Waals surface area contributed by atoms with Crippen molar-refractivity contribution >= 4 is 11.4 Å². The molecule has 4 nitrogen and oxygen atoms in total. The summed E-state index contributed by atoms with van der Waals surface area (Å²) in [5.41, 5.74) is 2.56. The molecule has 0 saturated carbocycles. The molecule has 0 radical (unpaired) electrons. The van der Waals surface area contributed by atoms with Gasteiger partial charge < -0.3 is 5.32 Å². The second kappa shape index (κ2) is 4.59. The van der Waals surface area contributed by atoms with Gasteiger partial charge in [-0.3, -0.25) is 10.1 Å². The molecule has 1 N–H and O–H groups in total. The molecule has 80 valence electrons. The Bertz CT molecular complexity index is 407. The third-order valence-corrected chi connectivity index (χ3v) is 1.87. The first-order valence-electron chi connectivity index (χ1n) is 4.65. The van der Waals surface area contributed by atoms with Crippen LogP contribution in [-0.4, -0.2) is 4.92 Å². The zero-order valence-electron chi connectivity index (χ0n) is 9.07. The third kappa shape index (κ3) is 3.09. The number of allylic oxidation sites excluding steroid dienone is 1. The second-order valence-electron chi connectivity index (χ2n) is 3.64. The summed E-state index contributed by atoms with van der Waals surface area (Å²) in [5, 5.41) is 13.7. The van der Waals surface area contributed by atoms with Crippen LogP contribution in [0.2, 0.25) is 0 Å². The molecule has 0 aromatic heterocycles. The van der Waals surface area contributed by atoms with E-state index in [4.69, 9.17) is 0 Å². The number of hydrogen-bond donors (Lipinski definition) is 1. The van der Waals surface area contributed by atoms with Crippen LogP contribution in [0.15, 0.2) is 30.0 Å². The number of rotatable bonds is 3. The van der Waals surface area contributed by atoms with Crippen molar-refractivity contribution in [1.29, 1.82) is 0 Å². The van der Waals surface area contributed by atoms with E-state index in [2.05, 4.69) is 5.32 Å². The molecule has 0 heterocycles. The Balaban J connectivity index is 3.06. The van der Waals surface area contributed by atoms with Gasteiger partial charge in [-0.25, -0.2) is 0 Å². The Labute approximate surface area is 88.8 Å². The number of nitrogens with zero attached hydrogens (tertiary/aromatic N) is 1. The Hall–Kier alpha value is -1.84. The summed E-state index contributed by atoms with van der Waals surface area (Å²) in [6.07, 6.45) is 1.75. The minimum Gasteiger partial charge on any atom is -0.356 e. The lowest BCUT2D eigenvalue weighted by Gasteiger charge is -2.03. The Morgan fingerprint density at radius 1 is 1.47 bits per heavy atom. The van der Waals surface area contributed by atoms with Gasteiger partial charge in [0.15, 0.2) is 0 Å². The van der Waals surface area contributed by atoms with Gasteiger partial charge in [0.2, 0.25) is 0 Å². The zero-order chi connectivity index (χ0) is 11.4. The Morgan fingerprint density at radius 2 is 2.13 bits per heavy atom. The maximum Gasteiger partial charge on any atom is 0.292 e. The van der Waals surface area contributed by atoms with E-state index in [1.54, 1.807) is 18.3 Å². The van der Waals surface area contributed by atoms with Crippen LogP contribution in [0, 0.1) is 17.0 Å². The van der Waals surface area contributed by atoms with E-state index in [-0.39, 0.29) is 10.6 Å². The van der Waals surface area contributed by atoms with Crippen LogP contribution in [0.1, 0.15) is 19.4 Å². The number of hydrogen-bond acceptors (Lipinski definition) is 3. The van der Waals surface area contributed by atoms with E-state index in [9.17, 15) is 10.1 Å². The van der Waals surface area contributed by atoms with Crippen LogP contribution in [-0.2, 0) is 0 Å². The maximum absolute atomic E-state index is 10.8. The lowest BCUT2D eigenvalue weighted by atomic mass is 10.2. The Kier molecular flexibility index (Phi) is 3.44. The van der Waals surface area contributed by atoms with Crippen molar-refractivity contribution in [2.45, 2.75) is 20.8 Å². The fourth-order valence-electron chi connectivity index (χ4n) is 1.14. The molecule has 0 saturated heterocycles. The second-order valence-corrected chi connectivity index (χ2v) is 3.64. The number of nitro benzene ring substituents is 1. The van der Waals surface area contributed by atoms with Crippen LogP contribution in [0.3, 0.4) is 0 Å². The topological polar surface area (TPSA) is 55.2 Å². The molecule has 1 aromatic carbocycles. The van der Waals surface area contributed by atoms with Crippen molar-refractivity contribution in [3.63, 3.8) is 0 Å². The number of aryl methyl sites for hydroxylation is 1. The highest BCUT2D eigenvalue weighted by molar-refractivity contribution is 5.63. The van der Waals surface area contributed by atoms with Crippen molar-refractivity contribution in [2.75, 3.05) is 5.32 Å². The monoisotopic (exact) mass is 206 g/mol. The highest BCUT2D eigenvalue weighted by Crippen LogP contribution is 2.25. The van der Waals surface area contributed by atoms with Gasteiger partial charge in [0, 0.05) is 6.07 Å². The average molecular weight is 206 g/mol. The summed E-state index contributed by atoms with van der Waals surface area (Å²) in [4.78, 5) is 10.4. The average Bonchev–Trinajstić information content (AvgIpc) is 2.15. The molecular weight excluding hydrogens is 192 g/mol. The fraction of sp³-hybridized carbons (Fsp3) is 0.273. The normalized spacial score (nSPS) is 9.53. The van der Waals surface area contributed by atoms with Crippen molar-refractivity contribution in [2.24, 2.45) is 0 Å². The lowest BCUT2D eigenvalue weighted by molar-refractivity contribution is -0.384. The number of anilines is 1. The van der Waals surface area contributed by atoms with Crippen molar-refractivity contribution in [3.05, 3.63) is 45.6 Å². The van der Waals surface area contributed by atoms with Crippen molar-refractivity contribution in [3.8, 4) is 0 Å².